The number of anilines is 1. The number of nitrogens with one attached hydrogen (secondary N) is 1. The summed E-state index contributed by atoms with van der Waals surface area (Å²) in [4.78, 5) is 0. The third-order valence-corrected chi connectivity index (χ3v) is 4.92. The number of hydrogen-bond acceptors (Lipinski definition) is 4. The Bertz CT molecular complexity index is 598. The molecule has 1 aromatic carbocycles. The van der Waals surface area contributed by atoms with E-state index in [2.05, 4.69) is 28.7 Å². The molecule has 0 fully saturated rings. The Morgan fingerprint density at radius 1 is 1.42 bits per heavy atom. The largest absolute Gasteiger partial charge is 0.383 e. The van der Waals surface area contributed by atoms with Crippen LogP contribution in [0.25, 0.3) is 0 Å². The number of allylic oxidation sites excluding steroid dienone is 1. The fourth-order valence-electron chi connectivity index (χ4n) is 2.20. The summed E-state index contributed by atoms with van der Waals surface area (Å²) in [7, 11) is 0.267. The highest BCUT2D eigenvalue weighted by Gasteiger charge is 2.12. The number of nitrogens with zero attached hydrogens (tertiary/aromatic N) is 3. The lowest BCUT2D eigenvalue weighted by Gasteiger charge is -2.23. The van der Waals surface area contributed by atoms with Crippen LogP contribution in [0.5, 0.6) is 0 Å². The average Bonchev–Trinajstić information content (AvgIpc) is 2.56. The maximum Gasteiger partial charge on any atom is 0.308 e. The minimum atomic E-state index is -1.68. The minimum absolute atomic E-state index is 0.207. The van der Waals surface area contributed by atoms with Crippen molar-refractivity contribution in [3.8, 4) is 0 Å². The van der Waals surface area contributed by atoms with Crippen LogP contribution in [0.15, 0.2) is 46.3 Å². The third kappa shape index (κ3) is 7.17. The van der Waals surface area contributed by atoms with E-state index in [1.807, 2.05) is 57.1 Å². The van der Waals surface area contributed by atoms with Gasteiger partial charge in [-0.05, 0) is 58.0 Å². The molecule has 5 nitrogen and oxygen atoms in total. The van der Waals surface area contributed by atoms with Crippen LogP contribution in [-0.4, -0.2) is 39.4 Å². The molecule has 0 aliphatic rings. The molecule has 0 heterocycles. The van der Waals surface area contributed by atoms with Gasteiger partial charge in [-0.2, -0.15) is 5.11 Å². The number of benzene rings is 1. The maximum absolute atomic E-state index is 11.7. The summed E-state index contributed by atoms with van der Waals surface area (Å²) in [5.74, 6) is 0. The molecule has 1 N–H and O–H groups in total. The van der Waals surface area contributed by atoms with E-state index in [1.54, 1.807) is 6.55 Å². The normalized spacial score (nSPS) is 13.4. The fourth-order valence-corrected chi connectivity index (χ4v) is 2.89. The number of hydrogen-bond donors (Lipinski definition) is 1. The molecule has 0 aliphatic carbocycles. The zero-order valence-electron chi connectivity index (χ0n) is 15.7. The van der Waals surface area contributed by atoms with Crippen molar-refractivity contribution in [3.63, 3.8) is 0 Å². The summed E-state index contributed by atoms with van der Waals surface area (Å²) >= 11 is 0. The molecular weight excluding hydrogens is 316 g/mol. The van der Waals surface area contributed by atoms with E-state index in [0.29, 0.717) is 0 Å². The highest BCUT2D eigenvalue weighted by Crippen LogP contribution is 2.15. The van der Waals surface area contributed by atoms with E-state index in [0.717, 1.165) is 23.8 Å². The van der Waals surface area contributed by atoms with Gasteiger partial charge in [0, 0.05) is 25.3 Å². The molecule has 0 saturated heterocycles. The van der Waals surface area contributed by atoms with Gasteiger partial charge in [0.2, 0.25) is 0 Å². The van der Waals surface area contributed by atoms with E-state index in [4.69, 9.17) is 0 Å². The molecule has 0 bridgehead atoms. The van der Waals surface area contributed by atoms with Gasteiger partial charge >= 0.3 is 8.68 Å². The van der Waals surface area contributed by atoms with Gasteiger partial charge < -0.3 is 9.78 Å². The Labute approximate surface area is 147 Å². The Kier molecular flexibility index (Phi) is 8.53. The Morgan fingerprint density at radius 2 is 2.12 bits per heavy atom. The van der Waals surface area contributed by atoms with Crippen molar-refractivity contribution < 1.29 is 4.46 Å². The highest BCUT2D eigenvalue weighted by atomic mass is 28.3. The molecule has 1 aromatic rings. The van der Waals surface area contributed by atoms with Gasteiger partial charge in [-0.25, -0.2) is 0 Å². The Balaban J connectivity index is 2.76. The molecule has 1 rings (SSSR count). The van der Waals surface area contributed by atoms with Crippen molar-refractivity contribution in [3.05, 3.63) is 35.9 Å². The van der Waals surface area contributed by atoms with Gasteiger partial charge in [-0.15, -0.1) is 0 Å². The van der Waals surface area contributed by atoms with E-state index in [9.17, 15) is 4.46 Å². The first-order chi connectivity index (χ1) is 11.3. The van der Waals surface area contributed by atoms with Crippen LogP contribution in [0.1, 0.15) is 34.1 Å². The van der Waals surface area contributed by atoms with Crippen molar-refractivity contribution >= 4 is 19.6 Å². The summed E-state index contributed by atoms with van der Waals surface area (Å²) in [6, 6.07) is 8.30. The first-order valence-electron chi connectivity index (χ1n) is 8.45. The molecule has 0 saturated carbocycles. The van der Waals surface area contributed by atoms with Gasteiger partial charge in [0.25, 0.3) is 0 Å². The molecule has 6 heteroatoms. The summed E-state index contributed by atoms with van der Waals surface area (Å²) in [6.45, 7) is 10.8. The first-order valence-corrected chi connectivity index (χ1v) is 10.4. The SMILES string of the molecule is C/C=C(\C)C(CCN(C)N=NC(C)C)Nc1cccc([Si](C)=O)c1. The van der Waals surface area contributed by atoms with Crippen LogP contribution in [0.3, 0.4) is 0 Å². The molecule has 0 amide bonds. The zero-order valence-corrected chi connectivity index (χ0v) is 16.7. The lowest BCUT2D eigenvalue weighted by Crippen LogP contribution is -2.27. The van der Waals surface area contributed by atoms with Crippen molar-refractivity contribution in [2.24, 2.45) is 10.3 Å². The predicted octanol–water partition coefficient (Wildman–Crippen LogP) is 3.79. The molecule has 1 unspecified atom stereocenters. The van der Waals surface area contributed by atoms with Crippen molar-refractivity contribution in [1.29, 1.82) is 0 Å². The van der Waals surface area contributed by atoms with Gasteiger partial charge in [0.05, 0.1) is 6.04 Å². The van der Waals surface area contributed by atoms with Crippen LogP contribution in [0.4, 0.5) is 5.69 Å². The van der Waals surface area contributed by atoms with E-state index < -0.39 is 8.68 Å². The molecule has 0 aromatic heterocycles. The summed E-state index contributed by atoms with van der Waals surface area (Å²) in [5, 5.41) is 14.7. The monoisotopic (exact) mass is 346 g/mol. The van der Waals surface area contributed by atoms with Crippen LogP contribution in [0, 0.1) is 0 Å². The second-order valence-corrected chi connectivity index (χ2v) is 8.02. The molecular formula is C18H30N4OSi. The van der Waals surface area contributed by atoms with Gasteiger partial charge in [0.1, 0.15) is 0 Å². The molecule has 24 heavy (non-hydrogen) atoms. The number of rotatable bonds is 9. The van der Waals surface area contributed by atoms with Crippen LogP contribution in [-0.2, 0) is 4.46 Å². The van der Waals surface area contributed by atoms with Crippen molar-refractivity contribution in [2.75, 3.05) is 18.9 Å². The summed E-state index contributed by atoms with van der Waals surface area (Å²) in [5.41, 5.74) is 2.28. The van der Waals surface area contributed by atoms with Crippen molar-refractivity contribution in [2.45, 2.75) is 52.7 Å². The Hall–Kier alpha value is -1.82. The van der Waals surface area contributed by atoms with Gasteiger partial charge in [-0.3, -0.25) is 5.01 Å². The Morgan fingerprint density at radius 3 is 2.71 bits per heavy atom. The van der Waals surface area contributed by atoms with Crippen molar-refractivity contribution in [1.82, 2.24) is 5.01 Å². The second-order valence-electron chi connectivity index (χ2n) is 6.34. The highest BCUT2D eigenvalue weighted by molar-refractivity contribution is 6.58. The lowest BCUT2D eigenvalue weighted by atomic mass is 10.0. The van der Waals surface area contributed by atoms with E-state index >= 15 is 0 Å². The van der Waals surface area contributed by atoms with E-state index in [-0.39, 0.29) is 12.1 Å². The topological polar surface area (TPSA) is 57.1 Å². The van der Waals surface area contributed by atoms with Gasteiger partial charge in [0.15, 0.2) is 0 Å². The van der Waals surface area contributed by atoms with E-state index in [1.165, 1.54) is 5.57 Å². The summed E-state index contributed by atoms with van der Waals surface area (Å²) < 4.78 is 11.7. The van der Waals surface area contributed by atoms with Crippen LogP contribution < -0.4 is 10.5 Å². The molecule has 1 atom stereocenters. The molecule has 132 valence electrons. The quantitative estimate of drug-likeness (QED) is 0.320. The fraction of sp³-hybridized carbons (Fsp3) is 0.556. The van der Waals surface area contributed by atoms with Crippen LogP contribution in [0.2, 0.25) is 6.55 Å². The standard InChI is InChI=1S/C18H30N4OSi/c1-7-15(4)18(11-12-22(5)21-20-14(2)3)19-16-9-8-10-17(13-16)24(6)23/h7-10,13-14,18-19H,11-12H2,1-6H3/b15-7+,21-20?. The third-order valence-electron chi connectivity index (χ3n) is 3.79. The summed E-state index contributed by atoms with van der Waals surface area (Å²) in [6.07, 6.45) is 3.04. The molecule has 0 spiro atoms. The molecule has 0 radical (unpaired) electrons. The average molecular weight is 347 g/mol. The minimum Gasteiger partial charge on any atom is -0.383 e. The molecule has 0 aliphatic heterocycles. The van der Waals surface area contributed by atoms with Gasteiger partial charge in [-0.1, -0.05) is 29.0 Å². The lowest BCUT2D eigenvalue weighted by molar-refractivity contribution is 0.312. The smallest absolute Gasteiger partial charge is 0.308 e. The first kappa shape index (κ1) is 20.2. The second kappa shape index (κ2) is 10.1. The zero-order chi connectivity index (χ0) is 18.1. The maximum atomic E-state index is 11.7. The van der Waals surface area contributed by atoms with Crippen LogP contribution >= 0.6 is 0 Å². The predicted molar refractivity (Wildman–Crippen MR) is 102 cm³/mol.